The molecule has 3 heterocycles. The summed E-state index contributed by atoms with van der Waals surface area (Å²) in [6.45, 7) is 3.83. The van der Waals surface area contributed by atoms with Gasteiger partial charge in [0.05, 0.1) is 10.9 Å². The maximum Gasteiger partial charge on any atom is 0.292 e. The number of nitrogens with one attached hydrogen (secondary N) is 1. The quantitative estimate of drug-likeness (QED) is 0.612. The van der Waals surface area contributed by atoms with Gasteiger partial charge in [0, 0.05) is 12.4 Å². The SMILES string of the molecule is Cc1ccc2cc3c(NC(=O)c4ccc(C)o4)nn(C)c3nc2c1. The number of carbonyl (C=O) groups excluding carboxylic acids is 1. The Labute approximate surface area is 138 Å². The molecule has 0 unspecified atom stereocenters. The lowest BCUT2D eigenvalue weighted by atomic mass is 10.1. The topological polar surface area (TPSA) is 73.0 Å². The first-order valence-corrected chi connectivity index (χ1v) is 7.63. The van der Waals surface area contributed by atoms with Gasteiger partial charge in [-0.2, -0.15) is 5.10 Å². The number of amides is 1. The van der Waals surface area contributed by atoms with E-state index in [0.717, 1.165) is 27.5 Å². The number of aryl methyl sites for hydroxylation is 3. The molecule has 1 amide bonds. The van der Waals surface area contributed by atoms with Crippen LogP contribution in [0.2, 0.25) is 0 Å². The second-order valence-corrected chi connectivity index (χ2v) is 5.89. The van der Waals surface area contributed by atoms with Crippen molar-refractivity contribution in [3.8, 4) is 0 Å². The zero-order valence-corrected chi connectivity index (χ0v) is 13.6. The summed E-state index contributed by atoms with van der Waals surface area (Å²) in [5, 5.41) is 9.00. The lowest BCUT2D eigenvalue weighted by Crippen LogP contribution is -2.11. The van der Waals surface area contributed by atoms with Gasteiger partial charge >= 0.3 is 0 Å². The molecule has 0 atom stereocenters. The Morgan fingerprint density at radius 2 is 2.00 bits per heavy atom. The minimum atomic E-state index is -0.327. The lowest BCUT2D eigenvalue weighted by molar-refractivity contribution is 0.0995. The van der Waals surface area contributed by atoms with Crippen molar-refractivity contribution < 1.29 is 9.21 Å². The normalized spacial score (nSPS) is 11.3. The van der Waals surface area contributed by atoms with Crippen LogP contribution in [0.4, 0.5) is 5.82 Å². The molecule has 0 fully saturated rings. The second kappa shape index (κ2) is 5.19. The number of anilines is 1. The molecule has 4 aromatic rings. The second-order valence-electron chi connectivity index (χ2n) is 5.89. The Balaban J connectivity index is 1.81. The highest BCUT2D eigenvalue weighted by Gasteiger charge is 2.16. The molecule has 0 aliphatic rings. The van der Waals surface area contributed by atoms with E-state index in [9.17, 15) is 4.79 Å². The van der Waals surface area contributed by atoms with Gasteiger partial charge in [-0.05, 0) is 43.7 Å². The summed E-state index contributed by atoms with van der Waals surface area (Å²) in [5.74, 6) is 1.10. The molecule has 0 radical (unpaired) electrons. The summed E-state index contributed by atoms with van der Waals surface area (Å²) < 4.78 is 7.02. The Kier molecular flexibility index (Phi) is 3.13. The summed E-state index contributed by atoms with van der Waals surface area (Å²) in [4.78, 5) is 17.0. The van der Waals surface area contributed by atoms with Crippen LogP contribution in [0, 0.1) is 13.8 Å². The molecule has 0 bridgehead atoms. The number of hydrogen-bond donors (Lipinski definition) is 1. The number of nitrogens with zero attached hydrogens (tertiary/aromatic N) is 3. The Hall–Kier alpha value is -3.15. The number of fused-ring (bicyclic) bond motifs is 2. The summed E-state index contributed by atoms with van der Waals surface area (Å²) in [7, 11) is 1.81. The molecule has 0 saturated carbocycles. The van der Waals surface area contributed by atoms with Gasteiger partial charge < -0.3 is 9.73 Å². The summed E-state index contributed by atoms with van der Waals surface area (Å²) in [6, 6.07) is 11.5. The number of hydrogen-bond acceptors (Lipinski definition) is 4. The molecular formula is C18H16N4O2. The first kappa shape index (κ1) is 14.4. The fourth-order valence-corrected chi connectivity index (χ4v) is 2.76. The van der Waals surface area contributed by atoms with E-state index in [1.165, 1.54) is 0 Å². The molecule has 120 valence electrons. The van der Waals surface area contributed by atoms with Crippen LogP contribution in [0.25, 0.3) is 21.9 Å². The van der Waals surface area contributed by atoms with Crippen molar-refractivity contribution in [1.29, 1.82) is 0 Å². The lowest BCUT2D eigenvalue weighted by Gasteiger charge is -2.02. The van der Waals surface area contributed by atoms with Crippen LogP contribution in [0.1, 0.15) is 21.9 Å². The maximum atomic E-state index is 12.3. The smallest absolute Gasteiger partial charge is 0.292 e. The van der Waals surface area contributed by atoms with Crippen molar-refractivity contribution in [2.24, 2.45) is 7.05 Å². The molecule has 6 heteroatoms. The molecule has 1 aromatic carbocycles. The zero-order chi connectivity index (χ0) is 16.8. The predicted molar refractivity (Wildman–Crippen MR) is 92.2 cm³/mol. The van der Waals surface area contributed by atoms with Crippen LogP contribution < -0.4 is 5.32 Å². The van der Waals surface area contributed by atoms with Crippen LogP contribution in [-0.2, 0) is 7.05 Å². The molecule has 4 rings (SSSR count). The molecule has 0 saturated heterocycles. The Morgan fingerprint density at radius 3 is 2.75 bits per heavy atom. The summed E-state index contributed by atoms with van der Waals surface area (Å²) >= 11 is 0. The average molecular weight is 320 g/mol. The number of rotatable bonds is 2. The van der Waals surface area contributed by atoms with Gasteiger partial charge in [-0.1, -0.05) is 12.1 Å². The van der Waals surface area contributed by atoms with E-state index in [1.54, 1.807) is 23.7 Å². The van der Waals surface area contributed by atoms with Crippen molar-refractivity contribution in [1.82, 2.24) is 14.8 Å². The van der Waals surface area contributed by atoms with Gasteiger partial charge in [-0.25, -0.2) is 9.67 Å². The third kappa shape index (κ3) is 2.32. The number of aromatic nitrogens is 3. The van der Waals surface area contributed by atoms with Crippen molar-refractivity contribution >= 4 is 33.7 Å². The first-order chi connectivity index (χ1) is 11.5. The summed E-state index contributed by atoms with van der Waals surface area (Å²) in [6.07, 6.45) is 0. The number of pyridine rings is 1. The summed E-state index contributed by atoms with van der Waals surface area (Å²) in [5.41, 5.74) is 2.78. The predicted octanol–water partition coefficient (Wildman–Crippen LogP) is 3.58. The minimum absolute atomic E-state index is 0.260. The third-order valence-corrected chi connectivity index (χ3v) is 3.96. The molecular weight excluding hydrogens is 304 g/mol. The average Bonchev–Trinajstić information content (AvgIpc) is 3.10. The highest BCUT2D eigenvalue weighted by Crippen LogP contribution is 2.26. The van der Waals surface area contributed by atoms with E-state index in [-0.39, 0.29) is 11.7 Å². The van der Waals surface area contributed by atoms with Gasteiger partial charge in [-0.15, -0.1) is 0 Å². The fourth-order valence-electron chi connectivity index (χ4n) is 2.76. The number of carbonyl (C=O) groups is 1. The fraction of sp³-hybridized carbons (Fsp3) is 0.167. The Morgan fingerprint density at radius 1 is 1.17 bits per heavy atom. The molecule has 0 spiro atoms. The van der Waals surface area contributed by atoms with Crippen LogP contribution in [0.5, 0.6) is 0 Å². The van der Waals surface area contributed by atoms with Crippen molar-refractivity contribution in [2.45, 2.75) is 13.8 Å². The van der Waals surface area contributed by atoms with Gasteiger partial charge in [-0.3, -0.25) is 4.79 Å². The van der Waals surface area contributed by atoms with E-state index in [2.05, 4.69) is 15.4 Å². The minimum Gasteiger partial charge on any atom is -0.456 e. The van der Waals surface area contributed by atoms with E-state index in [4.69, 9.17) is 4.42 Å². The molecule has 0 aliphatic heterocycles. The van der Waals surface area contributed by atoms with E-state index in [1.807, 2.05) is 38.2 Å². The van der Waals surface area contributed by atoms with Crippen molar-refractivity contribution in [3.05, 3.63) is 53.5 Å². The van der Waals surface area contributed by atoms with Gasteiger partial charge in [0.15, 0.2) is 17.2 Å². The van der Waals surface area contributed by atoms with Crippen molar-refractivity contribution in [2.75, 3.05) is 5.32 Å². The third-order valence-electron chi connectivity index (χ3n) is 3.96. The molecule has 0 aliphatic carbocycles. The number of furan rings is 1. The van der Waals surface area contributed by atoms with Gasteiger partial charge in [0.1, 0.15) is 5.76 Å². The highest BCUT2D eigenvalue weighted by molar-refractivity contribution is 6.07. The molecule has 24 heavy (non-hydrogen) atoms. The van der Waals surface area contributed by atoms with Crippen LogP contribution in [0.15, 0.2) is 40.8 Å². The van der Waals surface area contributed by atoms with Gasteiger partial charge in [0.2, 0.25) is 0 Å². The molecule has 3 aromatic heterocycles. The maximum absolute atomic E-state index is 12.3. The first-order valence-electron chi connectivity index (χ1n) is 7.63. The van der Waals surface area contributed by atoms with Crippen LogP contribution in [-0.4, -0.2) is 20.7 Å². The highest BCUT2D eigenvalue weighted by atomic mass is 16.3. The van der Waals surface area contributed by atoms with E-state index >= 15 is 0 Å². The van der Waals surface area contributed by atoms with Crippen molar-refractivity contribution in [3.63, 3.8) is 0 Å². The van der Waals surface area contributed by atoms with E-state index < -0.39 is 0 Å². The number of benzene rings is 1. The Bertz CT molecular complexity index is 1090. The standard InChI is InChI=1S/C18H16N4O2/c1-10-4-6-12-9-13-16(20-18(23)15-7-5-11(2)24-15)21-22(3)17(13)19-14(12)8-10/h4-9H,1-3H3,(H,20,21,23). The van der Waals surface area contributed by atoms with Gasteiger partial charge in [0.25, 0.3) is 5.91 Å². The monoisotopic (exact) mass is 320 g/mol. The van der Waals surface area contributed by atoms with Crippen LogP contribution >= 0.6 is 0 Å². The molecule has 6 nitrogen and oxygen atoms in total. The largest absolute Gasteiger partial charge is 0.456 e. The van der Waals surface area contributed by atoms with Crippen LogP contribution in [0.3, 0.4) is 0 Å². The molecule has 1 N–H and O–H groups in total. The van der Waals surface area contributed by atoms with E-state index in [0.29, 0.717) is 11.6 Å². The zero-order valence-electron chi connectivity index (χ0n) is 13.6.